The molecule has 0 fully saturated rings. The Kier molecular flexibility index (Phi) is 3.95. The Morgan fingerprint density at radius 1 is 1.12 bits per heavy atom. The van der Waals surface area contributed by atoms with Crippen LogP contribution in [-0.4, -0.2) is 15.0 Å². The summed E-state index contributed by atoms with van der Waals surface area (Å²) >= 11 is 6.17. The van der Waals surface area contributed by atoms with E-state index in [4.69, 9.17) is 16.3 Å². The van der Waals surface area contributed by atoms with Gasteiger partial charge in [0, 0.05) is 5.69 Å². The summed E-state index contributed by atoms with van der Waals surface area (Å²) < 4.78 is 7.47. The number of hydrogen-bond acceptors (Lipinski definition) is 4. The molecule has 4 rings (SSSR count). The summed E-state index contributed by atoms with van der Waals surface area (Å²) in [4.78, 5) is 11.9. The van der Waals surface area contributed by atoms with Crippen molar-refractivity contribution < 1.29 is 9.30 Å². The molecule has 0 spiro atoms. The lowest BCUT2D eigenvalue weighted by Crippen LogP contribution is -2.29. The van der Waals surface area contributed by atoms with Crippen LogP contribution in [0, 0.1) is 0 Å². The van der Waals surface area contributed by atoms with Gasteiger partial charge >= 0.3 is 11.0 Å². The number of aromatic nitrogens is 4. The molecule has 2 N–H and O–H groups in total. The molecule has 0 aliphatic carbocycles. The number of fused-ring (bicyclic) bond motifs is 1. The molecule has 6 nitrogen and oxygen atoms in total. The Bertz CT molecular complexity index is 996. The van der Waals surface area contributed by atoms with Crippen molar-refractivity contribution >= 4 is 34.3 Å². The van der Waals surface area contributed by atoms with Gasteiger partial charge < -0.3 is 15.0 Å². The molecular weight excluding hydrogens is 338 g/mol. The molecule has 0 saturated carbocycles. The highest BCUT2D eigenvalue weighted by Gasteiger charge is 2.14. The predicted molar refractivity (Wildman–Crippen MR) is 96.3 cm³/mol. The Balaban J connectivity index is 1.50. The minimum Gasteiger partial charge on any atom is -0.433 e. The quantitative estimate of drug-likeness (QED) is 0.545. The fourth-order valence-corrected chi connectivity index (χ4v) is 2.55. The molecule has 2 heterocycles. The Morgan fingerprint density at radius 3 is 2.72 bits per heavy atom. The highest BCUT2D eigenvalue weighted by atomic mass is 35.5. The van der Waals surface area contributed by atoms with E-state index >= 15 is 0 Å². The zero-order valence-electron chi connectivity index (χ0n) is 13.4. The van der Waals surface area contributed by atoms with Crippen molar-refractivity contribution in [1.29, 1.82) is 0 Å². The fourth-order valence-electron chi connectivity index (χ4n) is 2.41. The summed E-state index contributed by atoms with van der Waals surface area (Å²) in [6, 6.07) is 15.4. The maximum Gasteiger partial charge on any atom is 0.338 e. The predicted octanol–water partition coefficient (Wildman–Crippen LogP) is 3.97. The van der Waals surface area contributed by atoms with E-state index in [2.05, 4.69) is 20.3 Å². The molecule has 2 aromatic heterocycles. The molecule has 0 atom stereocenters. The van der Waals surface area contributed by atoms with Crippen LogP contribution >= 0.6 is 11.6 Å². The van der Waals surface area contributed by atoms with E-state index in [1.807, 2.05) is 55.6 Å². The second kappa shape index (κ2) is 6.41. The maximum atomic E-state index is 6.17. The number of imidazole rings is 1. The average molecular weight is 353 g/mol. The fraction of sp³-hybridized carbons (Fsp3) is 0.0556. The highest BCUT2D eigenvalue weighted by molar-refractivity contribution is 6.29. The molecule has 7 heteroatoms. The van der Waals surface area contributed by atoms with Crippen LogP contribution in [0.4, 0.5) is 11.6 Å². The van der Waals surface area contributed by atoms with Crippen molar-refractivity contribution in [3.63, 3.8) is 0 Å². The van der Waals surface area contributed by atoms with Crippen molar-refractivity contribution in [2.45, 2.75) is 0 Å². The molecule has 0 aliphatic heterocycles. The first-order chi connectivity index (χ1) is 12.2. The van der Waals surface area contributed by atoms with Crippen molar-refractivity contribution in [1.82, 2.24) is 15.0 Å². The summed E-state index contributed by atoms with van der Waals surface area (Å²) in [6.07, 6.45) is 3.40. The van der Waals surface area contributed by atoms with Crippen LogP contribution in [0.2, 0.25) is 5.15 Å². The van der Waals surface area contributed by atoms with Crippen LogP contribution in [0.15, 0.2) is 60.9 Å². The summed E-state index contributed by atoms with van der Waals surface area (Å²) in [7, 11) is 1.83. The van der Waals surface area contributed by atoms with Gasteiger partial charge in [0.05, 0.1) is 17.2 Å². The van der Waals surface area contributed by atoms with Crippen molar-refractivity contribution in [3.05, 3.63) is 66.1 Å². The first-order valence-electron chi connectivity index (χ1n) is 7.69. The third-order valence-corrected chi connectivity index (χ3v) is 4.12. The minimum absolute atomic E-state index is 0.365. The number of nitrogens with one attached hydrogen (secondary N) is 2. The van der Waals surface area contributed by atoms with Gasteiger partial charge in [-0.3, -0.25) is 0 Å². The zero-order valence-corrected chi connectivity index (χ0v) is 14.2. The molecule has 124 valence electrons. The lowest BCUT2D eigenvalue weighted by Gasteiger charge is -2.06. The smallest absolute Gasteiger partial charge is 0.338 e. The second-order valence-electron chi connectivity index (χ2n) is 5.49. The first kappa shape index (κ1) is 15.4. The van der Waals surface area contributed by atoms with Gasteiger partial charge in [0.15, 0.2) is 6.20 Å². The molecule has 0 unspecified atom stereocenters. The average Bonchev–Trinajstić information content (AvgIpc) is 3.03. The van der Waals surface area contributed by atoms with Gasteiger partial charge in [0.1, 0.15) is 12.8 Å². The van der Waals surface area contributed by atoms with Gasteiger partial charge in [-0.2, -0.15) is 4.57 Å². The Morgan fingerprint density at radius 2 is 1.92 bits per heavy atom. The van der Waals surface area contributed by atoms with E-state index in [1.54, 1.807) is 17.0 Å². The number of benzene rings is 2. The normalized spacial score (nSPS) is 10.8. The standard InChI is InChI=1S/C18H14ClN5O/c1-24-11-10-20-17(16(24)19)25-13-8-6-12(7-9-13)21-18-22-14-4-2-3-5-15(14)23-18/h2-11,20H,1H3/p+1. The molecule has 4 aromatic rings. The van der Waals surface area contributed by atoms with Gasteiger partial charge in [0.25, 0.3) is 0 Å². The first-order valence-corrected chi connectivity index (χ1v) is 8.07. The molecule has 0 bridgehead atoms. The van der Waals surface area contributed by atoms with Crippen LogP contribution in [0.25, 0.3) is 11.0 Å². The van der Waals surface area contributed by atoms with E-state index in [9.17, 15) is 0 Å². The van der Waals surface area contributed by atoms with Crippen LogP contribution in [0.3, 0.4) is 0 Å². The number of nitrogens with zero attached hydrogens (tertiary/aromatic N) is 3. The molecule has 0 saturated heterocycles. The number of anilines is 2. The number of H-pyrrole nitrogens is 1. The number of rotatable bonds is 4. The van der Waals surface area contributed by atoms with Gasteiger partial charge in [-0.05, 0) is 48.0 Å². The van der Waals surface area contributed by atoms with Crippen LogP contribution in [-0.2, 0) is 7.05 Å². The zero-order chi connectivity index (χ0) is 17.2. The minimum atomic E-state index is 0.365. The molecule has 0 radical (unpaired) electrons. The SMILES string of the molecule is C[n+]1ccnc(Oc2ccc(Nc3nc4ccccc4[nH]3)cc2)c1Cl. The number of aryl methyl sites for hydroxylation is 1. The van der Waals surface area contributed by atoms with Crippen molar-refractivity contribution in [3.8, 4) is 11.6 Å². The van der Waals surface area contributed by atoms with Gasteiger partial charge in [0.2, 0.25) is 5.95 Å². The Hall–Kier alpha value is -3.12. The van der Waals surface area contributed by atoms with E-state index in [0.717, 1.165) is 16.7 Å². The third kappa shape index (κ3) is 3.25. The largest absolute Gasteiger partial charge is 0.433 e. The second-order valence-corrected chi connectivity index (χ2v) is 5.85. The van der Waals surface area contributed by atoms with Crippen LogP contribution in [0.5, 0.6) is 11.6 Å². The number of para-hydroxylation sites is 2. The molecule has 0 amide bonds. The van der Waals surface area contributed by atoms with E-state index < -0.39 is 0 Å². The van der Waals surface area contributed by atoms with E-state index in [0.29, 0.717) is 22.7 Å². The number of aromatic amines is 1. The van der Waals surface area contributed by atoms with Gasteiger partial charge in [-0.25, -0.2) is 9.97 Å². The van der Waals surface area contributed by atoms with E-state index in [-0.39, 0.29) is 0 Å². The molecule has 0 aliphatic rings. The molecule has 25 heavy (non-hydrogen) atoms. The van der Waals surface area contributed by atoms with E-state index in [1.165, 1.54) is 0 Å². The van der Waals surface area contributed by atoms with Crippen LogP contribution in [0.1, 0.15) is 0 Å². The maximum absolute atomic E-state index is 6.17. The summed E-state index contributed by atoms with van der Waals surface area (Å²) in [6.45, 7) is 0. The molecular formula is C18H15ClN5O+. The lowest BCUT2D eigenvalue weighted by molar-refractivity contribution is -0.670. The number of ether oxygens (including phenoxy) is 1. The molecule has 2 aromatic carbocycles. The Labute approximate surface area is 149 Å². The number of halogens is 1. The van der Waals surface area contributed by atoms with Crippen LogP contribution < -0.4 is 14.6 Å². The number of hydrogen-bond donors (Lipinski definition) is 2. The monoisotopic (exact) mass is 352 g/mol. The van der Waals surface area contributed by atoms with Gasteiger partial charge in [-0.15, -0.1) is 0 Å². The lowest BCUT2D eigenvalue weighted by atomic mass is 10.3. The van der Waals surface area contributed by atoms with Gasteiger partial charge in [-0.1, -0.05) is 12.1 Å². The topological polar surface area (TPSA) is 66.7 Å². The summed E-state index contributed by atoms with van der Waals surface area (Å²) in [5.41, 5.74) is 2.80. The summed E-state index contributed by atoms with van der Waals surface area (Å²) in [5.74, 6) is 1.70. The van der Waals surface area contributed by atoms with Crippen molar-refractivity contribution in [2.75, 3.05) is 5.32 Å². The third-order valence-electron chi connectivity index (χ3n) is 3.69. The summed E-state index contributed by atoms with van der Waals surface area (Å²) in [5, 5.41) is 3.67. The highest BCUT2D eigenvalue weighted by Crippen LogP contribution is 2.26. The van der Waals surface area contributed by atoms with Crippen molar-refractivity contribution in [2.24, 2.45) is 7.05 Å².